The zero-order valence-corrected chi connectivity index (χ0v) is 75.5. The second-order valence-corrected chi connectivity index (χ2v) is 37.1. The van der Waals surface area contributed by atoms with Crippen LogP contribution >= 0.6 is 22.7 Å². The minimum atomic E-state index is -4.63. The van der Waals surface area contributed by atoms with E-state index in [1.807, 2.05) is 36.5 Å². The summed E-state index contributed by atoms with van der Waals surface area (Å²) in [5, 5.41) is 23.9. The molecule has 0 aliphatic carbocycles. The number of nitrogens with zero attached hydrogens (tertiary/aromatic N) is 4. The first-order chi connectivity index (χ1) is 49.7. The van der Waals surface area contributed by atoms with E-state index in [1.54, 1.807) is 40.3 Å². The summed E-state index contributed by atoms with van der Waals surface area (Å²) in [7, 11) is 0. The summed E-state index contributed by atoms with van der Waals surface area (Å²) in [5.74, 6) is -3.49. The molecular weight excluding hydrogens is 1790 g/mol. The Kier molecular flexibility index (Phi) is 31.2. The first-order valence-corrected chi connectivity index (χ1v) is 39.0. The number of aryl methyl sites for hydroxylation is 6. The summed E-state index contributed by atoms with van der Waals surface area (Å²) >= 11 is 3.64. The Labute approximate surface area is 685 Å². The molecule has 2 N–H and O–H groups in total. The van der Waals surface area contributed by atoms with Crippen molar-refractivity contribution in [1.82, 2.24) is 19.9 Å². The van der Waals surface area contributed by atoms with Crippen LogP contribution in [-0.2, 0) is 73.5 Å². The number of hydrogen-bond donors (Lipinski definition) is 2. The zero-order chi connectivity index (χ0) is 81.1. The van der Waals surface area contributed by atoms with Gasteiger partial charge in [0, 0.05) is 100 Å². The van der Waals surface area contributed by atoms with Gasteiger partial charge in [0.2, 0.25) is 0 Å². The molecule has 0 aliphatic heterocycles. The Hall–Kier alpha value is -6.78. The minimum absolute atomic E-state index is 0. The molecule has 598 valence electrons. The maximum Gasteiger partial charge on any atom is 0.401 e. The number of benzene rings is 6. The quantitative estimate of drug-likeness (QED) is 0.0450. The van der Waals surface area contributed by atoms with Crippen LogP contribution in [0.5, 0.6) is 0 Å². The van der Waals surface area contributed by atoms with E-state index >= 15 is 0 Å². The average Bonchev–Trinajstić information content (AvgIpc) is 1.57. The molecular formula is C92H112F6Ir2N4O4S2-2. The van der Waals surface area contributed by atoms with E-state index < -0.39 is 47.1 Å². The SMILES string of the molecule is CC(C)(C)C(O)=CC(=O)C(C)(C)C(F)(F)F.CCC(CC)C(=O)C=C(O)C(CC)CC(F)(F)F.Cc1cc(CC(C)(C)C)cc(C)c1-c1sc2c(-c3[c-]c4ccccc4c(C(C)(C)C)c3)ncnc2c1C.Cc1cc(CC(C)(C)C)cc(C)c1-c1sc2c(-c3[c-]c4ccccc4c(C(C)(C)C)c3)ncnc2c1C.[Ir].[Ir]. The topological polar surface area (TPSA) is 126 Å². The summed E-state index contributed by atoms with van der Waals surface area (Å²) in [6.45, 7) is 52.5. The number of rotatable bonds is 15. The molecule has 18 heteroatoms. The number of aromatic nitrogens is 4. The molecule has 0 saturated heterocycles. The van der Waals surface area contributed by atoms with E-state index in [1.165, 1.54) is 87.3 Å². The van der Waals surface area contributed by atoms with E-state index in [0.29, 0.717) is 18.9 Å². The van der Waals surface area contributed by atoms with Gasteiger partial charge in [0.25, 0.3) is 0 Å². The van der Waals surface area contributed by atoms with E-state index in [0.717, 1.165) is 86.5 Å². The third-order valence-corrected chi connectivity index (χ3v) is 22.2. The van der Waals surface area contributed by atoms with Gasteiger partial charge in [0.1, 0.15) is 23.8 Å². The number of allylic oxidation sites excluding steroid dienone is 4. The number of fused-ring (bicyclic) bond motifs is 4. The van der Waals surface area contributed by atoms with Gasteiger partial charge in [-0.2, -0.15) is 26.3 Å². The van der Waals surface area contributed by atoms with Gasteiger partial charge in [0.05, 0.1) is 23.2 Å². The van der Waals surface area contributed by atoms with E-state index in [4.69, 9.17) is 19.9 Å². The van der Waals surface area contributed by atoms with Gasteiger partial charge >= 0.3 is 12.4 Å². The molecule has 10 aromatic rings. The molecule has 0 spiro atoms. The third kappa shape index (κ3) is 23.2. The number of alkyl halides is 6. The van der Waals surface area contributed by atoms with Gasteiger partial charge in [-0.1, -0.05) is 207 Å². The maximum absolute atomic E-state index is 12.5. The van der Waals surface area contributed by atoms with E-state index in [2.05, 4.69) is 222 Å². The summed E-state index contributed by atoms with van der Waals surface area (Å²) in [5.41, 5.74) is 19.3. The van der Waals surface area contributed by atoms with E-state index in [-0.39, 0.29) is 85.8 Å². The van der Waals surface area contributed by atoms with Crippen LogP contribution in [0.25, 0.3) is 85.4 Å². The molecule has 6 aromatic carbocycles. The minimum Gasteiger partial charge on any atom is -0.512 e. The van der Waals surface area contributed by atoms with Crippen molar-refractivity contribution >= 4 is 76.2 Å². The first-order valence-electron chi connectivity index (χ1n) is 37.4. The number of hydrogen-bond acceptors (Lipinski definition) is 10. The van der Waals surface area contributed by atoms with Crippen LogP contribution < -0.4 is 0 Å². The molecule has 0 amide bonds. The van der Waals surface area contributed by atoms with Crippen LogP contribution in [-0.4, -0.2) is 54.1 Å². The zero-order valence-electron chi connectivity index (χ0n) is 69.0. The van der Waals surface area contributed by atoms with Gasteiger partial charge in [-0.3, -0.25) is 19.6 Å². The van der Waals surface area contributed by atoms with Gasteiger partial charge < -0.3 is 10.2 Å². The molecule has 0 saturated carbocycles. The molecule has 0 bridgehead atoms. The van der Waals surface area contributed by atoms with Crippen LogP contribution in [0.4, 0.5) is 26.3 Å². The number of aliphatic hydroxyl groups excluding tert-OH is 2. The Balaban J connectivity index is 0.000000279. The molecule has 0 fully saturated rings. The van der Waals surface area contributed by atoms with Crippen LogP contribution in [0.15, 0.2) is 121 Å². The Morgan fingerprint density at radius 1 is 0.500 bits per heavy atom. The van der Waals surface area contributed by atoms with Crippen molar-refractivity contribution in [2.75, 3.05) is 0 Å². The molecule has 1 unspecified atom stereocenters. The summed E-state index contributed by atoms with van der Waals surface area (Å²) < 4.78 is 76.5. The molecule has 4 heterocycles. The summed E-state index contributed by atoms with van der Waals surface area (Å²) in [6.07, 6.45) is -1.46. The smallest absolute Gasteiger partial charge is 0.401 e. The van der Waals surface area contributed by atoms with Gasteiger partial charge in [-0.05, 0) is 165 Å². The van der Waals surface area contributed by atoms with Gasteiger partial charge in [0.15, 0.2) is 11.6 Å². The van der Waals surface area contributed by atoms with Crippen molar-refractivity contribution in [3.8, 4) is 43.4 Å². The first kappa shape index (κ1) is 93.8. The largest absolute Gasteiger partial charge is 0.512 e. The Morgan fingerprint density at radius 2 is 0.855 bits per heavy atom. The van der Waals surface area contributed by atoms with Gasteiger partial charge in [-0.25, -0.2) is 9.97 Å². The average molecular weight is 1900 g/mol. The third-order valence-electron chi connectivity index (χ3n) is 19.6. The number of carbonyl (C=O) groups excluding carboxylic acids is 2. The van der Waals surface area contributed by atoms with Crippen molar-refractivity contribution in [2.45, 2.75) is 242 Å². The number of ketones is 2. The summed E-state index contributed by atoms with van der Waals surface area (Å²) in [4.78, 5) is 44.9. The van der Waals surface area contributed by atoms with Crippen LogP contribution in [0.1, 0.15) is 220 Å². The van der Waals surface area contributed by atoms with Crippen molar-refractivity contribution in [2.24, 2.45) is 33.5 Å². The molecule has 4 aromatic heterocycles. The fourth-order valence-electron chi connectivity index (χ4n) is 13.6. The second kappa shape index (κ2) is 36.6. The normalized spacial score (nSPS) is 13.1. The van der Waals surface area contributed by atoms with Crippen molar-refractivity contribution in [1.29, 1.82) is 0 Å². The number of halogens is 6. The molecule has 10 rings (SSSR count). The number of thiophene rings is 2. The number of aliphatic hydroxyl groups is 2. The van der Waals surface area contributed by atoms with Crippen LogP contribution in [0.2, 0.25) is 0 Å². The summed E-state index contributed by atoms with van der Waals surface area (Å²) in [6, 6.07) is 38.6. The van der Waals surface area contributed by atoms with Crippen molar-refractivity contribution in [3.63, 3.8) is 0 Å². The molecule has 8 nitrogen and oxygen atoms in total. The van der Waals surface area contributed by atoms with Crippen molar-refractivity contribution in [3.05, 3.63) is 189 Å². The van der Waals surface area contributed by atoms with Gasteiger partial charge in [-0.15, -0.1) is 81.0 Å². The van der Waals surface area contributed by atoms with Crippen LogP contribution in [0.3, 0.4) is 0 Å². The molecule has 2 radical (unpaired) electrons. The Bertz CT molecular complexity index is 4690. The predicted octanol–water partition coefficient (Wildman–Crippen LogP) is 27.6. The Morgan fingerprint density at radius 3 is 1.16 bits per heavy atom. The molecule has 110 heavy (non-hydrogen) atoms. The molecule has 1 atom stereocenters. The fraction of sp³-hybridized carbons (Fsp3) is 0.457. The van der Waals surface area contributed by atoms with Crippen LogP contribution in [0, 0.1) is 87.2 Å². The maximum atomic E-state index is 12.5. The predicted molar refractivity (Wildman–Crippen MR) is 441 cm³/mol. The monoisotopic (exact) mass is 1900 g/mol. The second-order valence-electron chi connectivity index (χ2n) is 35.1. The van der Waals surface area contributed by atoms with Crippen molar-refractivity contribution < 1.29 is 86.4 Å². The molecule has 0 aliphatic rings. The fourth-order valence-corrected chi connectivity index (χ4v) is 16.5. The standard InChI is InChI=1S/2C34H37N2S.C13H21F3O2.C11H17F3O2.2Ir/c2*1-20-14-23(18-33(4,5)6)15-21(2)28(20)31-22(3)29-32(37-31)30(36-19-35-29)25-16-24-12-10-11-13-26(24)27(17-25)34(7,8)9;1-4-9(5-2)11(17)7-12(18)10(6-3)8-13(14,15)16;1-9(2,3)7(15)6-8(16)10(4,5)11(12,13)14;;/h2*10-15,17,19H,18H2,1-9H3;7,9-10,18H,4-6,8H2,1-3H3;6,15H,1-5H3;;/q2*-1;;;;. The number of carbonyl (C=O) groups is 2. The van der Waals surface area contributed by atoms with E-state index in [9.17, 15) is 46.1 Å².